The average Bonchev–Trinajstić information content (AvgIpc) is 2.91. The van der Waals surface area contributed by atoms with Gasteiger partial charge in [0, 0.05) is 29.9 Å². The molecular formula is C26H32N2O2. The Labute approximate surface area is 180 Å². The van der Waals surface area contributed by atoms with Crippen molar-refractivity contribution in [2.45, 2.75) is 52.9 Å². The third-order valence-electron chi connectivity index (χ3n) is 5.30. The molecule has 0 aliphatic carbocycles. The van der Waals surface area contributed by atoms with Gasteiger partial charge in [0.15, 0.2) is 0 Å². The van der Waals surface area contributed by atoms with E-state index in [1.807, 2.05) is 33.9 Å². The predicted octanol–water partition coefficient (Wildman–Crippen LogP) is 6.13. The molecule has 0 spiro atoms. The van der Waals surface area contributed by atoms with Crippen LogP contribution in [0.2, 0.25) is 0 Å². The molecule has 158 valence electrons. The molecule has 0 aromatic heterocycles. The van der Waals surface area contributed by atoms with Crippen LogP contribution in [0, 0.1) is 6.92 Å². The second-order valence-electron chi connectivity index (χ2n) is 8.18. The lowest BCUT2D eigenvalue weighted by atomic mass is 9.76. The first kappa shape index (κ1) is 23.3. The van der Waals surface area contributed by atoms with Crippen molar-refractivity contribution in [1.29, 1.82) is 0 Å². The van der Waals surface area contributed by atoms with E-state index in [2.05, 4.69) is 53.8 Å². The highest BCUT2D eigenvalue weighted by Gasteiger charge is 2.30. The molecule has 0 N–H and O–H groups in total. The molecule has 1 heterocycles. The molecule has 0 bridgehead atoms. The van der Waals surface area contributed by atoms with Crippen molar-refractivity contribution in [3.05, 3.63) is 76.8 Å². The number of methoxy groups -OCH3 is 1. The zero-order chi connectivity index (χ0) is 22.3. The zero-order valence-corrected chi connectivity index (χ0v) is 19.0. The summed E-state index contributed by atoms with van der Waals surface area (Å²) in [6.45, 7) is 13.6. The second-order valence-corrected chi connectivity index (χ2v) is 8.18. The van der Waals surface area contributed by atoms with Crippen LogP contribution in [0.3, 0.4) is 0 Å². The summed E-state index contributed by atoms with van der Waals surface area (Å²) < 4.78 is 4.95. The number of carbonyl (C=O) groups is 1. The molecule has 4 nitrogen and oxygen atoms in total. The molecule has 0 saturated carbocycles. The van der Waals surface area contributed by atoms with E-state index in [9.17, 15) is 4.79 Å². The number of Topliss-reactive ketones (excluding diaryl/α,β-unsaturated/α-hetero) is 1. The molecule has 0 radical (unpaired) electrons. The molecular weight excluding hydrogens is 372 g/mol. The molecule has 1 aromatic rings. The number of hydrogen-bond donors (Lipinski definition) is 0. The van der Waals surface area contributed by atoms with E-state index in [-0.39, 0.29) is 5.78 Å². The Kier molecular flexibility index (Phi) is 7.87. The summed E-state index contributed by atoms with van der Waals surface area (Å²) in [6.07, 6.45) is 10.6. The van der Waals surface area contributed by atoms with Crippen molar-refractivity contribution in [2.24, 2.45) is 9.98 Å². The van der Waals surface area contributed by atoms with Gasteiger partial charge in [-0.2, -0.15) is 0 Å². The van der Waals surface area contributed by atoms with Crippen LogP contribution in [-0.4, -0.2) is 25.3 Å². The highest BCUT2D eigenvalue weighted by molar-refractivity contribution is 6.10. The van der Waals surface area contributed by atoms with Crippen LogP contribution < -0.4 is 0 Å². The third-order valence-corrected chi connectivity index (χ3v) is 5.30. The lowest BCUT2D eigenvalue weighted by molar-refractivity contribution is -0.122. The van der Waals surface area contributed by atoms with E-state index >= 15 is 0 Å². The number of aliphatic imine (C=N–C) groups is 2. The van der Waals surface area contributed by atoms with Crippen LogP contribution in [0.1, 0.15) is 57.2 Å². The normalized spacial score (nSPS) is 14.9. The summed E-state index contributed by atoms with van der Waals surface area (Å²) in [5.74, 6) is 0.629. The second kappa shape index (κ2) is 10.1. The van der Waals surface area contributed by atoms with E-state index < -0.39 is 5.41 Å². The Bertz CT molecular complexity index is 973. The molecule has 1 aliphatic heterocycles. The summed E-state index contributed by atoms with van der Waals surface area (Å²) >= 11 is 0. The van der Waals surface area contributed by atoms with Gasteiger partial charge in [0.2, 0.25) is 0 Å². The summed E-state index contributed by atoms with van der Waals surface area (Å²) in [6, 6.07) is 6.30. The predicted molar refractivity (Wildman–Crippen MR) is 127 cm³/mol. The van der Waals surface area contributed by atoms with Crippen molar-refractivity contribution in [1.82, 2.24) is 0 Å². The van der Waals surface area contributed by atoms with Crippen molar-refractivity contribution in [3.63, 3.8) is 0 Å². The average molecular weight is 405 g/mol. The third kappa shape index (κ3) is 5.99. The van der Waals surface area contributed by atoms with Gasteiger partial charge in [0.05, 0.1) is 13.3 Å². The van der Waals surface area contributed by atoms with Crippen LogP contribution >= 0.6 is 0 Å². The van der Waals surface area contributed by atoms with E-state index in [4.69, 9.17) is 4.74 Å². The first-order chi connectivity index (χ1) is 14.1. The number of benzene rings is 1. The monoisotopic (exact) mass is 404 g/mol. The fraction of sp³-hybridized carbons (Fsp3) is 0.346. The highest BCUT2D eigenvalue weighted by Crippen LogP contribution is 2.31. The summed E-state index contributed by atoms with van der Waals surface area (Å²) in [5.41, 5.74) is 5.70. The van der Waals surface area contributed by atoms with Crippen molar-refractivity contribution in [3.8, 4) is 0 Å². The quantitative estimate of drug-likeness (QED) is 0.387. The Morgan fingerprint density at radius 1 is 1.30 bits per heavy atom. The van der Waals surface area contributed by atoms with Gasteiger partial charge in [0.25, 0.3) is 0 Å². The number of ketones is 1. The number of aryl methyl sites for hydroxylation is 1. The molecule has 1 aliphatic rings. The van der Waals surface area contributed by atoms with Crippen molar-refractivity contribution in [2.75, 3.05) is 7.11 Å². The summed E-state index contributed by atoms with van der Waals surface area (Å²) in [4.78, 5) is 21.7. The van der Waals surface area contributed by atoms with Crippen molar-refractivity contribution < 1.29 is 9.53 Å². The van der Waals surface area contributed by atoms with Gasteiger partial charge < -0.3 is 4.74 Å². The Balaban J connectivity index is 2.19. The summed E-state index contributed by atoms with van der Waals surface area (Å²) in [5, 5.41) is 0. The maximum absolute atomic E-state index is 13.1. The lowest BCUT2D eigenvalue weighted by Crippen LogP contribution is -2.30. The highest BCUT2D eigenvalue weighted by atomic mass is 16.5. The minimum absolute atomic E-state index is 0.155. The topological polar surface area (TPSA) is 51.0 Å². The SMILES string of the molecule is C=C(/C=N\C=C(/C)CC(=O)C(C)(C)c1ccc(C2=CCC=C(C)N=C2)cc1C)OC. The number of nitrogens with zero attached hydrogens (tertiary/aromatic N) is 2. The van der Waals surface area contributed by atoms with E-state index in [1.54, 1.807) is 13.3 Å². The van der Waals surface area contributed by atoms with Crippen LogP contribution in [-0.2, 0) is 14.9 Å². The standard InChI is InChI=1S/C26H32N2O2/c1-18(15-27-16-21(4)30-7)13-25(29)26(5,6)24-12-11-22(14-19(24)2)23-10-8-9-20(3)28-17-23/h9-12,14-17H,4,8,13H2,1-3,5-7H3/b18-15+,27-16-. The van der Waals surface area contributed by atoms with Gasteiger partial charge >= 0.3 is 0 Å². The molecule has 0 atom stereocenters. The molecule has 0 fully saturated rings. The molecule has 30 heavy (non-hydrogen) atoms. The lowest BCUT2D eigenvalue weighted by Gasteiger charge is -2.26. The van der Waals surface area contributed by atoms with Gasteiger partial charge in [-0.3, -0.25) is 14.8 Å². The number of hydrogen-bond acceptors (Lipinski definition) is 4. The molecule has 4 heteroatoms. The van der Waals surface area contributed by atoms with Gasteiger partial charge in [-0.05, 0) is 68.9 Å². The Morgan fingerprint density at radius 3 is 2.70 bits per heavy atom. The van der Waals surface area contributed by atoms with Gasteiger partial charge in [-0.25, -0.2) is 0 Å². The first-order valence-electron chi connectivity index (χ1n) is 10.1. The molecule has 0 saturated heterocycles. The number of carbonyl (C=O) groups excluding carboxylic acids is 1. The summed E-state index contributed by atoms with van der Waals surface area (Å²) in [7, 11) is 1.54. The molecule has 2 rings (SSSR count). The van der Waals surface area contributed by atoms with E-state index in [0.29, 0.717) is 12.2 Å². The molecule has 0 amide bonds. The minimum atomic E-state index is -0.596. The van der Waals surface area contributed by atoms with Gasteiger partial charge in [-0.15, -0.1) is 0 Å². The van der Waals surface area contributed by atoms with Gasteiger partial charge in [-0.1, -0.05) is 36.9 Å². The maximum Gasteiger partial charge on any atom is 0.146 e. The van der Waals surface area contributed by atoms with Crippen LogP contribution in [0.5, 0.6) is 0 Å². The first-order valence-corrected chi connectivity index (χ1v) is 10.1. The van der Waals surface area contributed by atoms with Crippen LogP contribution in [0.15, 0.2) is 70.1 Å². The number of allylic oxidation sites excluding steroid dienone is 6. The fourth-order valence-corrected chi connectivity index (χ4v) is 3.34. The van der Waals surface area contributed by atoms with Crippen LogP contribution in [0.4, 0.5) is 0 Å². The van der Waals surface area contributed by atoms with E-state index in [1.165, 1.54) is 6.21 Å². The van der Waals surface area contributed by atoms with Crippen molar-refractivity contribution >= 4 is 23.8 Å². The minimum Gasteiger partial charge on any atom is -0.496 e. The Morgan fingerprint density at radius 2 is 2.03 bits per heavy atom. The zero-order valence-electron chi connectivity index (χ0n) is 19.0. The number of ether oxygens (including phenoxy) is 1. The fourth-order valence-electron chi connectivity index (χ4n) is 3.34. The molecule has 0 unspecified atom stereocenters. The maximum atomic E-state index is 13.1. The Hall–Kier alpha value is -3.01. The van der Waals surface area contributed by atoms with E-state index in [0.717, 1.165) is 40.0 Å². The van der Waals surface area contributed by atoms with Crippen LogP contribution in [0.25, 0.3) is 5.57 Å². The van der Waals surface area contributed by atoms with Gasteiger partial charge in [0.1, 0.15) is 11.5 Å². The molecule has 1 aromatic carbocycles. The number of rotatable bonds is 8. The largest absolute Gasteiger partial charge is 0.496 e. The smallest absolute Gasteiger partial charge is 0.146 e.